The summed E-state index contributed by atoms with van der Waals surface area (Å²) in [5.41, 5.74) is 1.56. The van der Waals surface area contributed by atoms with Crippen molar-refractivity contribution in [1.82, 2.24) is 9.80 Å². The second-order valence-electron chi connectivity index (χ2n) is 9.48. The third-order valence-electron chi connectivity index (χ3n) is 6.74. The molecule has 1 N–H and O–H groups in total. The minimum atomic E-state index is -4.55. The number of rotatable bonds is 8. The monoisotopic (exact) mass is 528 g/mol. The molecule has 1 saturated heterocycles. The Labute approximate surface area is 219 Å². The van der Waals surface area contributed by atoms with Gasteiger partial charge in [0.1, 0.15) is 5.75 Å². The van der Waals surface area contributed by atoms with Crippen molar-refractivity contribution < 1.29 is 23.0 Å². The average Bonchev–Trinajstić information content (AvgIpc) is 2.83. The van der Waals surface area contributed by atoms with Crippen LogP contribution in [0, 0.1) is 13.8 Å². The van der Waals surface area contributed by atoms with Gasteiger partial charge in [0, 0.05) is 26.2 Å². The fourth-order valence-corrected chi connectivity index (χ4v) is 4.61. The van der Waals surface area contributed by atoms with Gasteiger partial charge in [0.2, 0.25) is 0 Å². The van der Waals surface area contributed by atoms with Crippen LogP contribution in [0.25, 0.3) is 0 Å². The van der Waals surface area contributed by atoms with Crippen LogP contribution in [-0.2, 0) is 18.3 Å². The van der Waals surface area contributed by atoms with Crippen LogP contribution in [0.2, 0.25) is 5.02 Å². The van der Waals surface area contributed by atoms with Gasteiger partial charge in [-0.1, -0.05) is 37.6 Å². The topological polar surface area (TPSA) is 35.9 Å². The molecule has 0 bridgehead atoms. The lowest BCUT2D eigenvalue weighted by molar-refractivity contribution is -0.137. The Morgan fingerprint density at radius 2 is 1.69 bits per heavy atom. The van der Waals surface area contributed by atoms with Crippen LogP contribution < -0.4 is 4.74 Å². The van der Waals surface area contributed by atoms with Crippen LogP contribution in [0.4, 0.5) is 13.2 Å². The molecule has 2 aromatic carbocycles. The Bertz CT molecular complexity index is 987. The Balaban J connectivity index is 0.00000222. The number of benzene rings is 2. The van der Waals surface area contributed by atoms with Gasteiger partial charge in [-0.25, -0.2) is 0 Å². The maximum Gasteiger partial charge on any atom is 0.417 e. The molecule has 1 aliphatic rings. The minimum absolute atomic E-state index is 0.270. The summed E-state index contributed by atoms with van der Waals surface area (Å²) in [7, 11) is 4.09. The second kappa shape index (κ2) is 13.1. The standard InChI is InChI=1S/C26H34ClF3N2O2.C2H6/c1-18-19(2)24(34-15-5-12-31(3)4)9-6-20(18)17-32-13-10-25(33,11-14-32)21-7-8-23(27)22(16-21)26(28,29)30;1-2/h6-9,16,33H,5,10-15,17H2,1-4H3;1-2H3. The molecule has 0 amide bonds. The summed E-state index contributed by atoms with van der Waals surface area (Å²) in [5, 5.41) is 10.8. The first-order chi connectivity index (χ1) is 16.9. The van der Waals surface area contributed by atoms with Gasteiger partial charge in [-0.2, -0.15) is 13.2 Å². The van der Waals surface area contributed by atoms with E-state index in [0.717, 1.165) is 36.9 Å². The molecule has 0 radical (unpaired) electrons. The van der Waals surface area contributed by atoms with Gasteiger partial charge in [0.15, 0.2) is 0 Å². The molecule has 0 atom stereocenters. The summed E-state index contributed by atoms with van der Waals surface area (Å²) in [5.74, 6) is 0.899. The summed E-state index contributed by atoms with van der Waals surface area (Å²) in [6.45, 7) is 11.7. The molecule has 0 aliphatic carbocycles. The molecule has 202 valence electrons. The predicted molar refractivity (Wildman–Crippen MR) is 141 cm³/mol. The van der Waals surface area contributed by atoms with Crippen molar-refractivity contribution in [2.24, 2.45) is 0 Å². The Hall–Kier alpha value is -1.80. The third-order valence-corrected chi connectivity index (χ3v) is 7.07. The largest absolute Gasteiger partial charge is 0.493 e. The zero-order valence-corrected chi connectivity index (χ0v) is 23.1. The number of ether oxygens (including phenoxy) is 1. The van der Waals surface area contributed by atoms with Crippen LogP contribution in [0.5, 0.6) is 5.75 Å². The molecule has 1 fully saturated rings. The molecule has 1 aliphatic heterocycles. The fraction of sp³-hybridized carbons (Fsp3) is 0.571. The lowest BCUT2D eigenvalue weighted by atomic mass is 9.83. The molecular weight excluding hydrogens is 489 g/mol. The van der Waals surface area contributed by atoms with E-state index in [-0.39, 0.29) is 10.6 Å². The first kappa shape index (κ1) is 30.4. The summed E-state index contributed by atoms with van der Waals surface area (Å²) >= 11 is 5.74. The third kappa shape index (κ3) is 7.85. The molecule has 0 spiro atoms. The quantitative estimate of drug-likeness (QED) is 0.381. The van der Waals surface area contributed by atoms with E-state index in [2.05, 4.69) is 29.7 Å². The maximum absolute atomic E-state index is 13.3. The molecule has 2 aromatic rings. The van der Waals surface area contributed by atoms with Crippen LogP contribution >= 0.6 is 11.6 Å². The van der Waals surface area contributed by atoms with Crippen molar-refractivity contribution in [2.75, 3.05) is 40.3 Å². The summed E-state index contributed by atoms with van der Waals surface area (Å²) in [6, 6.07) is 7.81. The number of halogens is 4. The highest BCUT2D eigenvalue weighted by atomic mass is 35.5. The number of hydrogen-bond acceptors (Lipinski definition) is 4. The molecular formula is C28H40ClF3N2O2. The normalized spacial score (nSPS) is 16.0. The van der Waals surface area contributed by atoms with Crippen molar-refractivity contribution in [3.05, 3.63) is 63.2 Å². The summed E-state index contributed by atoms with van der Waals surface area (Å²) in [4.78, 5) is 4.36. The van der Waals surface area contributed by atoms with Gasteiger partial charge >= 0.3 is 6.18 Å². The lowest BCUT2D eigenvalue weighted by Crippen LogP contribution is -2.42. The molecule has 0 unspecified atom stereocenters. The van der Waals surface area contributed by atoms with Gasteiger partial charge in [-0.05, 0) is 87.7 Å². The average molecular weight is 529 g/mol. The summed E-state index contributed by atoms with van der Waals surface area (Å²) in [6.07, 6.45) is -2.88. The van der Waals surface area contributed by atoms with Crippen molar-refractivity contribution in [3.63, 3.8) is 0 Å². The van der Waals surface area contributed by atoms with Crippen LogP contribution in [0.1, 0.15) is 60.9 Å². The number of piperidine rings is 1. The highest BCUT2D eigenvalue weighted by Gasteiger charge is 2.38. The van der Waals surface area contributed by atoms with Gasteiger partial charge in [-0.3, -0.25) is 4.90 Å². The predicted octanol–water partition coefficient (Wildman–Crippen LogP) is 6.82. The van der Waals surface area contributed by atoms with Crippen molar-refractivity contribution in [3.8, 4) is 5.75 Å². The number of likely N-dealkylation sites (tertiary alicyclic amines) is 1. The zero-order valence-electron chi connectivity index (χ0n) is 22.3. The Morgan fingerprint density at radius 3 is 2.28 bits per heavy atom. The first-order valence-electron chi connectivity index (χ1n) is 12.6. The SMILES string of the molecule is CC.Cc1c(CN2CCC(O)(c3ccc(Cl)c(C(F)(F)F)c3)CC2)ccc(OCCCN(C)C)c1C. The Morgan fingerprint density at radius 1 is 1.06 bits per heavy atom. The molecule has 8 heteroatoms. The first-order valence-corrected chi connectivity index (χ1v) is 13.0. The smallest absolute Gasteiger partial charge is 0.417 e. The van der Waals surface area contributed by atoms with E-state index in [1.807, 2.05) is 34.0 Å². The minimum Gasteiger partial charge on any atom is -0.493 e. The zero-order chi connectivity index (χ0) is 27.1. The molecule has 4 nitrogen and oxygen atoms in total. The number of alkyl halides is 3. The van der Waals surface area contributed by atoms with Gasteiger partial charge in [0.05, 0.1) is 22.8 Å². The molecule has 36 heavy (non-hydrogen) atoms. The molecule has 0 saturated carbocycles. The van der Waals surface area contributed by atoms with E-state index in [1.165, 1.54) is 23.3 Å². The number of nitrogens with zero attached hydrogens (tertiary/aromatic N) is 2. The van der Waals surface area contributed by atoms with Crippen LogP contribution in [0.3, 0.4) is 0 Å². The van der Waals surface area contributed by atoms with Gasteiger partial charge < -0.3 is 14.7 Å². The lowest BCUT2D eigenvalue weighted by Gasteiger charge is -2.39. The van der Waals surface area contributed by atoms with E-state index in [4.69, 9.17) is 16.3 Å². The van der Waals surface area contributed by atoms with Gasteiger partial charge in [0.25, 0.3) is 0 Å². The van der Waals surface area contributed by atoms with Crippen molar-refractivity contribution >= 4 is 11.6 Å². The molecule has 3 rings (SSSR count). The fourth-order valence-electron chi connectivity index (χ4n) is 4.39. The maximum atomic E-state index is 13.3. The highest BCUT2D eigenvalue weighted by molar-refractivity contribution is 6.31. The molecule has 1 heterocycles. The van der Waals surface area contributed by atoms with Crippen molar-refractivity contribution in [1.29, 1.82) is 0 Å². The van der Waals surface area contributed by atoms with Crippen LogP contribution in [-0.4, -0.2) is 55.2 Å². The number of aliphatic hydroxyl groups is 1. The van der Waals surface area contributed by atoms with E-state index in [1.54, 1.807) is 0 Å². The highest BCUT2D eigenvalue weighted by Crippen LogP contribution is 2.40. The Kier molecular flexibility index (Phi) is 11.1. The molecule has 0 aromatic heterocycles. The van der Waals surface area contributed by atoms with E-state index in [9.17, 15) is 18.3 Å². The van der Waals surface area contributed by atoms with Crippen molar-refractivity contribution in [2.45, 2.75) is 65.3 Å². The second-order valence-corrected chi connectivity index (χ2v) is 9.89. The van der Waals surface area contributed by atoms with E-state index in [0.29, 0.717) is 32.5 Å². The number of hydrogen-bond donors (Lipinski definition) is 1. The van der Waals surface area contributed by atoms with E-state index < -0.39 is 17.3 Å². The van der Waals surface area contributed by atoms with Gasteiger partial charge in [-0.15, -0.1) is 0 Å². The van der Waals surface area contributed by atoms with E-state index >= 15 is 0 Å². The van der Waals surface area contributed by atoms with Crippen LogP contribution in [0.15, 0.2) is 30.3 Å². The summed E-state index contributed by atoms with van der Waals surface area (Å²) < 4.78 is 45.7.